The molecule has 1 saturated heterocycles. The Morgan fingerprint density at radius 3 is 2.92 bits per heavy atom. The Labute approximate surface area is 82.1 Å². The largest absolute Gasteiger partial charge is 0.372 e. The molecule has 72 valence electrons. The highest BCUT2D eigenvalue weighted by molar-refractivity contribution is 7.09. The van der Waals surface area contributed by atoms with Crippen molar-refractivity contribution < 1.29 is 0 Å². The molecular weight excluding hydrogens is 184 g/mol. The Hall–Kier alpha value is -0.680. The summed E-state index contributed by atoms with van der Waals surface area (Å²) in [7, 11) is 2.17. The van der Waals surface area contributed by atoms with E-state index < -0.39 is 0 Å². The second-order valence-corrected chi connectivity index (χ2v) is 4.29. The van der Waals surface area contributed by atoms with Crippen molar-refractivity contribution in [2.45, 2.75) is 18.9 Å². The Morgan fingerprint density at radius 1 is 1.54 bits per heavy atom. The Balaban J connectivity index is 1.83. The zero-order valence-corrected chi connectivity index (χ0v) is 8.55. The highest BCUT2D eigenvalue weighted by Crippen LogP contribution is 2.16. The van der Waals surface area contributed by atoms with E-state index in [2.05, 4.69) is 26.9 Å². The number of nitrogens with one attached hydrogen (secondary N) is 1. The first-order valence-corrected chi connectivity index (χ1v) is 5.34. The molecule has 13 heavy (non-hydrogen) atoms. The summed E-state index contributed by atoms with van der Waals surface area (Å²) < 4.78 is 3.82. The fraction of sp³-hybridized carbons (Fsp3) is 0.750. The van der Waals surface area contributed by atoms with E-state index in [9.17, 15) is 0 Å². The molecular formula is C8H14N4S. The van der Waals surface area contributed by atoms with Gasteiger partial charge in [-0.2, -0.15) is 0 Å². The first-order valence-electron chi connectivity index (χ1n) is 4.57. The molecule has 5 heteroatoms. The minimum absolute atomic E-state index is 0.610. The number of hydrogen-bond donors (Lipinski definition) is 1. The Bertz CT molecular complexity index is 241. The highest BCUT2D eigenvalue weighted by atomic mass is 32.1. The van der Waals surface area contributed by atoms with Gasteiger partial charge in [-0.15, -0.1) is 5.10 Å². The van der Waals surface area contributed by atoms with E-state index in [1.165, 1.54) is 37.5 Å². The second kappa shape index (κ2) is 4.02. The van der Waals surface area contributed by atoms with Crippen LogP contribution in [0.2, 0.25) is 0 Å². The molecule has 1 aliphatic heterocycles. The summed E-state index contributed by atoms with van der Waals surface area (Å²) in [6.45, 7) is 2.37. The first kappa shape index (κ1) is 8.90. The van der Waals surface area contributed by atoms with Gasteiger partial charge in [0.15, 0.2) is 0 Å². The predicted octanol–water partition coefficient (Wildman–Crippen LogP) is 1.04. The number of nitrogens with zero attached hydrogens (tertiary/aromatic N) is 3. The lowest BCUT2D eigenvalue weighted by molar-refractivity contribution is 0.264. The van der Waals surface area contributed by atoms with Gasteiger partial charge in [-0.3, -0.25) is 0 Å². The number of aromatic nitrogens is 2. The number of piperidine rings is 1. The van der Waals surface area contributed by atoms with Gasteiger partial charge in [0.05, 0.1) is 6.20 Å². The molecule has 0 unspecified atom stereocenters. The van der Waals surface area contributed by atoms with Crippen molar-refractivity contribution in [1.29, 1.82) is 0 Å². The molecule has 0 spiro atoms. The van der Waals surface area contributed by atoms with Crippen LogP contribution in [0.4, 0.5) is 5.00 Å². The van der Waals surface area contributed by atoms with Crippen LogP contribution in [-0.2, 0) is 0 Å². The maximum absolute atomic E-state index is 3.82. The van der Waals surface area contributed by atoms with Crippen LogP contribution in [0, 0.1) is 0 Å². The third kappa shape index (κ3) is 2.38. The van der Waals surface area contributed by atoms with E-state index >= 15 is 0 Å². The van der Waals surface area contributed by atoms with E-state index in [1.807, 2.05) is 0 Å². The van der Waals surface area contributed by atoms with E-state index in [1.54, 1.807) is 6.20 Å². The summed E-state index contributed by atoms with van der Waals surface area (Å²) in [6.07, 6.45) is 4.23. The summed E-state index contributed by atoms with van der Waals surface area (Å²) in [6, 6.07) is 0.610. The summed E-state index contributed by atoms with van der Waals surface area (Å²) in [5.41, 5.74) is 0. The van der Waals surface area contributed by atoms with Crippen LogP contribution in [0.25, 0.3) is 0 Å². The summed E-state index contributed by atoms with van der Waals surface area (Å²) in [5, 5.41) is 8.34. The topological polar surface area (TPSA) is 41.0 Å². The first-order chi connectivity index (χ1) is 6.34. The fourth-order valence-electron chi connectivity index (χ4n) is 1.58. The third-order valence-corrected chi connectivity index (χ3v) is 3.02. The maximum atomic E-state index is 3.82. The van der Waals surface area contributed by atoms with Crippen LogP contribution in [-0.4, -0.2) is 40.7 Å². The van der Waals surface area contributed by atoms with Crippen molar-refractivity contribution >= 4 is 16.5 Å². The van der Waals surface area contributed by atoms with E-state index in [-0.39, 0.29) is 0 Å². The van der Waals surface area contributed by atoms with Crippen LogP contribution in [0.15, 0.2) is 6.20 Å². The number of likely N-dealkylation sites (tertiary alicyclic amines) is 1. The predicted molar refractivity (Wildman–Crippen MR) is 54.1 cm³/mol. The van der Waals surface area contributed by atoms with Gasteiger partial charge in [-0.1, -0.05) is 4.49 Å². The molecule has 0 aromatic carbocycles. The van der Waals surface area contributed by atoms with Crippen molar-refractivity contribution in [3.05, 3.63) is 6.20 Å². The molecule has 0 saturated carbocycles. The minimum Gasteiger partial charge on any atom is -0.372 e. The van der Waals surface area contributed by atoms with Crippen molar-refractivity contribution in [3.8, 4) is 0 Å². The lowest BCUT2D eigenvalue weighted by Crippen LogP contribution is -2.36. The molecule has 0 aliphatic carbocycles. The van der Waals surface area contributed by atoms with Gasteiger partial charge < -0.3 is 10.2 Å². The van der Waals surface area contributed by atoms with Crippen LogP contribution in [0.5, 0.6) is 0 Å². The zero-order chi connectivity index (χ0) is 9.10. The second-order valence-electron chi connectivity index (χ2n) is 3.50. The van der Waals surface area contributed by atoms with Gasteiger partial charge in [0.1, 0.15) is 5.00 Å². The van der Waals surface area contributed by atoms with Crippen LogP contribution in [0.3, 0.4) is 0 Å². The van der Waals surface area contributed by atoms with Gasteiger partial charge in [-0.25, -0.2) is 0 Å². The molecule has 2 rings (SSSR count). The Morgan fingerprint density at radius 2 is 2.31 bits per heavy atom. The number of anilines is 1. The molecule has 2 heterocycles. The summed E-state index contributed by atoms with van der Waals surface area (Å²) >= 11 is 1.43. The van der Waals surface area contributed by atoms with Crippen molar-refractivity contribution in [2.24, 2.45) is 0 Å². The number of rotatable bonds is 2. The normalized spacial score (nSPS) is 20.4. The lowest BCUT2D eigenvalue weighted by Gasteiger charge is -2.29. The molecule has 1 aromatic rings. The van der Waals surface area contributed by atoms with Gasteiger partial charge >= 0.3 is 0 Å². The van der Waals surface area contributed by atoms with Crippen molar-refractivity contribution in [1.82, 2.24) is 14.5 Å². The van der Waals surface area contributed by atoms with Gasteiger partial charge in [0, 0.05) is 17.6 Å². The number of hydrogen-bond acceptors (Lipinski definition) is 5. The molecule has 0 atom stereocenters. The average Bonchev–Trinajstić information content (AvgIpc) is 2.62. The molecule has 1 aliphatic rings. The lowest BCUT2D eigenvalue weighted by atomic mass is 10.1. The maximum Gasteiger partial charge on any atom is 0.130 e. The fourth-order valence-corrected chi connectivity index (χ4v) is 2.08. The van der Waals surface area contributed by atoms with E-state index in [4.69, 9.17) is 0 Å². The third-order valence-electron chi connectivity index (χ3n) is 2.43. The quantitative estimate of drug-likeness (QED) is 0.771. The minimum atomic E-state index is 0.610. The van der Waals surface area contributed by atoms with Crippen molar-refractivity contribution in [2.75, 3.05) is 25.5 Å². The zero-order valence-electron chi connectivity index (χ0n) is 7.73. The molecule has 1 aromatic heterocycles. The van der Waals surface area contributed by atoms with Crippen molar-refractivity contribution in [3.63, 3.8) is 0 Å². The molecule has 1 N–H and O–H groups in total. The Kier molecular flexibility index (Phi) is 2.75. The standard InChI is InChI=1S/C8H14N4S/c1-12-4-2-7(3-5-12)10-8-6-9-11-13-8/h6-7,10H,2-5H2,1H3. The van der Waals surface area contributed by atoms with E-state index in [0.717, 1.165) is 5.00 Å². The van der Waals surface area contributed by atoms with Gasteiger partial charge in [0.25, 0.3) is 0 Å². The molecule has 4 nitrogen and oxygen atoms in total. The van der Waals surface area contributed by atoms with Crippen LogP contribution in [0.1, 0.15) is 12.8 Å². The van der Waals surface area contributed by atoms with E-state index in [0.29, 0.717) is 6.04 Å². The molecule has 0 bridgehead atoms. The monoisotopic (exact) mass is 198 g/mol. The van der Waals surface area contributed by atoms with Crippen LogP contribution >= 0.6 is 11.5 Å². The molecule has 0 amide bonds. The van der Waals surface area contributed by atoms with Gasteiger partial charge in [-0.05, 0) is 33.0 Å². The molecule has 0 radical (unpaired) electrons. The molecule has 1 fully saturated rings. The van der Waals surface area contributed by atoms with Gasteiger partial charge in [0.2, 0.25) is 0 Å². The highest BCUT2D eigenvalue weighted by Gasteiger charge is 2.16. The average molecular weight is 198 g/mol. The SMILES string of the molecule is CN1CCC(Nc2cnns2)CC1. The summed E-state index contributed by atoms with van der Waals surface area (Å²) in [5.74, 6) is 0. The summed E-state index contributed by atoms with van der Waals surface area (Å²) in [4.78, 5) is 2.36. The smallest absolute Gasteiger partial charge is 0.130 e. The van der Waals surface area contributed by atoms with Crippen LogP contribution < -0.4 is 5.32 Å².